The van der Waals surface area contributed by atoms with E-state index in [1.165, 1.54) is 0 Å². The minimum atomic E-state index is -0.702. The highest BCUT2D eigenvalue weighted by atomic mass is 16.5. The molecule has 1 aliphatic heterocycles. The van der Waals surface area contributed by atoms with Crippen LogP contribution in [-0.2, 0) is 9.53 Å². The van der Waals surface area contributed by atoms with E-state index < -0.39 is 5.97 Å². The van der Waals surface area contributed by atoms with E-state index >= 15 is 0 Å². The van der Waals surface area contributed by atoms with Gasteiger partial charge >= 0.3 is 5.97 Å². The molecule has 0 bridgehead atoms. The molecule has 0 aromatic carbocycles. The molecule has 0 spiro atoms. The molecule has 4 nitrogen and oxygen atoms in total. The summed E-state index contributed by atoms with van der Waals surface area (Å²) in [6.45, 7) is 9.32. The van der Waals surface area contributed by atoms with Crippen LogP contribution in [0.5, 0.6) is 0 Å². The van der Waals surface area contributed by atoms with E-state index in [4.69, 9.17) is 9.84 Å². The molecule has 1 heterocycles. The van der Waals surface area contributed by atoms with Gasteiger partial charge in [-0.2, -0.15) is 0 Å². The second kappa shape index (κ2) is 6.21. The monoisotopic (exact) mass is 229 g/mol. The highest BCUT2D eigenvalue weighted by Gasteiger charge is 2.35. The molecule has 94 valence electrons. The zero-order valence-corrected chi connectivity index (χ0v) is 10.5. The number of aliphatic carboxylic acids is 1. The van der Waals surface area contributed by atoms with Crippen molar-refractivity contribution in [2.45, 2.75) is 33.2 Å². The van der Waals surface area contributed by atoms with Crippen LogP contribution in [0.3, 0.4) is 0 Å². The molecule has 1 rings (SSSR count). The number of likely N-dealkylation sites (tertiary alicyclic amines) is 1. The Morgan fingerprint density at radius 2 is 2.19 bits per heavy atom. The van der Waals surface area contributed by atoms with E-state index in [1.54, 1.807) is 0 Å². The fourth-order valence-electron chi connectivity index (χ4n) is 2.40. The Morgan fingerprint density at radius 1 is 1.50 bits per heavy atom. The summed E-state index contributed by atoms with van der Waals surface area (Å²) < 4.78 is 5.44. The summed E-state index contributed by atoms with van der Waals surface area (Å²) >= 11 is 0. The lowest BCUT2D eigenvalue weighted by molar-refractivity contribution is -0.143. The molecule has 0 aromatic rings. The number of hydrogen-bond acceptors (Lipinski definition) is 3. The van der Waals surface area contributed by atoms with Crippen molar-refractivity contribution in [1.29, 1.82) is 0 Å². The molecule has 4 heteroatoms. The van der Waals surface area contributed by atoms with Crippen molar-refractivity contribution in [2.24, 2.45) is 11.8 Å². The lowest BCUT2D eigenvalue weighted by Crippen LogP contribution is -2.39. The zero-order chi connectivity index (χ0) is 12.1. The van der Waals surface area contributed by atoms with Crippen LogP contribution >= 0.6 is 0 Å². The number of carbonyl (C=O) groups is 1. The lowest BCUT2D eigenvalue weighted by Gasteiger charge is -2.22. The molecule has 3 atom stereocenters. The first-order chi connectivity index (χ1) is 7.60. The maximum atomic E-state index is 11.1. The summed E-state index contributed by atoms with van der Waals surface area (Å²) in [5.41, 5.74) is 0. The van der Waals surface area contributed by atoms with Crippen molar-refractivity contribution in [1.82, 2.24) is 4.90 Å². The van der Waals surface area contributed by atoms with Crippen molar-refractivity contribution >= 4 is 5.97 Å². The van der Waals surface area contributed by atoms with Crippen LogP contribution in [0.15, 0.2) is 0 Å². The SMILES string of the molecule is CCOC[C@@H]1CN([C@H](CC)C(=O)O)C[C@H]1C. The molecule has 1 fully saturated rings. The van der Waals surface area contributed by atoms with Gasteiger partial charge in [-0.3, -0.25) is 9.69 Å². The van der Waals surface area contributed by atoms with Crippen LogP contribution in [0, 0.1) is 11.8 Å². The zero-order valence-electron chi connectivity index (χ0n) is 10.5. The van der Waals surface area contributed by atoms with E-state index in [9.17, 15) is 4.79 Å². The van der Waals surface area contributed by atoms with Crippen LogP contribution in [0.1, 0.15) is 27.2 Å². The summed E-state index contributed by atoms with van der Waals surface area (Å²) in [5.74, 6) is 0.306. The molecule has 1 N–H and O–H groups in total. The van der Waals surface area contributed by atoms with Gasteiger partial charge in [-0.1, -0.05) is 13.8 Å². The summed E-state index contributed by atoms with van der Waals surface area (Å²) in [6, 6.07) is -0.325. The average Bonchev–Trinajstić information content (AvgIpc) is 2.57. The Labute approximate surface area is 97.6 Å². The normalized spacial score (nSPS) is 28.2. The molecule has 0 radical (unpaired) electrons. The Bertz CT molecular complexity index is 232. The fourth-order valence-corrected chi connectivity index (χ4v) is 2.40. The van der Waals surface area contributed by atoms with Gasteiger partial charge in [-0.25, -0.2) is 0 Å². The number of hydrogen-bond donors (Lipinski definition) is 1. The first-order valence-corrected chi connectivity index (χ1v) is 6.14. The highest BCUT2D eigenvalue weighted by molar-refractivity contribution is 5.73. The van der Waals surface area contributed by atoms with Crippen molar-refractivity contribution in [3.8, 4) is 0 Å². The topological polar surface area (TPSA) is 49.8 Å². The van der Waals surface area contributed by atoms with E-state index in [2.05, 4.69) is 11.8 Å². The summed E-state index contributed by atoms with van der Waals surface area (Å²) in [6.07, 6.45) is 0.670. The molecule has 0 saturated carbocycles. The van der Waals surface area contributed by atoms with Gasteiger partial charge in [-0.15, -0.1) is 0 Å². The van der Waals surface area contributed by atoms with Gasteiger partial charge in [0.1, 0.15) is 6.04 Å². The molecule has 0 aromatic heterocycles. The van der Waals surface area contributed by atoms with Gasteiger partial charge in [0.15, 0.2) is 0 Å². The van der Waals surface area contributed by atoms with Gasteiger partial charge in [0.05, 0.1) is 6.61 Å². The maximum Gasteiger partial charge on any atom is 0.320 e. The first kappa shape index (κ1) is 13.5. The smallest absolute Gasteiger partial charge is 0.320 e. The molecule has 0 amide bonds. The van der Waals surface area contributed by atoms with Gasteiger partial charge in [-0.05, 0) is 25.2 Å². The molecular formula is C12H23NO3. The summed E-state index contributed by atoms with van der Waals surface area (Å²) in [7, 11) is 0. The molecule has 0 unspecified atom stereocenters. The molecule has 1 saturated heterocycles. The Balaban J connectivity index is 2.50. The number of carboxylic acid groups (broad SMARTS) is 1. The van der Waals surface area contributed by atoms with E-state index in [1.807, 2.05) is 13.8 Å². The second-order valence-electron chi connectivity index (χ2n) is 4.61. The Morgan fingerprint density at radius 3 is 2.69 bits per heavy atom. The predicted octanol–water partition coefficient (Wildman–Crippen LogP) is 1.45. The first-order valence-electron chi connectivity index (χ1n) is 6.14. The van der Waals surface area contributed by atoms with Gasteiger partial charge in [0.2, 0.25) is 0 Å². The quantitative estimate of drug-likeness (QED) is 0.749. The van der Waals surface area contributed by atoms with Gasteiger partial charge in [0.25, 0.3) is 0 Å². The number of rotatable bonds is 6. The van der Waals surface area contributed by atoms with E-state index in [0.717, 1.165) is 26.3 Å². The van der Waals surface area contributed by atoms with Crippen LogP contribution in [0.25, 0.3) is 0 Å². The Hall–Kier alpha value is -0.610. The van der Waals surface area contributed by atoms with E-state index in [-0.39, 0.29) is 6.04 Å². The molecule has 16 heavy (non-hydrogen) atoms. The number of ether oxygens (including phenoxy) is 1. The average molecular weight is 229 g/mol. The maximum absolute atomic E-state index is 11.1. The number of carboxylic acids is 1. The Kier molecular flexibility index (Phi) is 5.22. The van der Waals surface area contributed by atoms with Crippen LogP contribution < -0.4 is 0 Å². The third-order valence-electron chi connectivity index (χ3n) is 3.44. The van der Waals surface area contributed by atoms with Gasteiger partial charge in [0, 0.05) is 19.7 Å². The van der Waals surface area contributed by atoms with Crippen molar-refractivity contribution < 1.29 is 14.6 Å². The summed E-state index contributed by atoms with van der Waals surface area (Å²) in [5, 5.41) is 9.11. The molecule has 1 aliphatic rings. The highest BCUT2D eigenvalue weighted by Crippen LogP contribution is 2.25. The van der Waals surface area contributed by atoms with E-state index in [0.29, 0.717) is 18.3 Å². The largest absolute Gasteiger partial charge is 0.480 e. The fraction of sp³-hybridized carbons (Fsp3) is 0.917. The standard InChI is InChI=1S/C12H23NO3/c1-4-11(12(14)15)13-6-9(3)10(7-13)8-16-5-2/h9-11H,4-8H2,1-3H3,(H,14,15)/t9-,10+,11-/m1/s1. The third kappa shape index (κ3) is 3.19. The van der Waals surface area contributed by atoms with Crippen LogP contribution in [0.2, 0.25) is 0 Å². The van der Waals surface area contributed by atoms with Gasteiger partial charge < -0.3 is 9.84 Å². The minimum absolute atomic E-state index is 0.325. The predicted molar refractivity (Wildman–Crippen MR) is 62.4 cm³/mol. The lowest BCUT2D eigenvalue weighted by atomic mass is 9.99. The summed E-state index contributed by atoms with van der Waals surface area (Å²) in [4.78, 5) is 13.2. The van der Waals surface area contributed by atoms with Crippen molar-refractivity contribution in [3.05, 3.63) is 0 Å². The molecular weight excluding hydrogens is 206 g/mol. The molecule has 0 aliphatic carbocycles. The van der Waals surface area contributed by atoms with Crippen LogP contribution in [-0.4, -0.2) is 48.3 Å². The van der Waals surface area contributed by atoms with Crippen LogP contribution in [0.4, 0.5) is 0 Å². The minimum Gasteiger partial charge on any atom is -0.480 e. The second-order valence-corrected chi connectivity index (χ2v) is 4.61. The van der Waals surface area contributed by atoms with Crippen molar-refractivity contribution in [3.63, 3.8) is 0 Å². The third-order valence-corrected chi connectivity index (χ3v) is 3.44. The van der Waals surface area contributed by atoms with Crippen molar-refractivity contribution in [2.75, 3.05) is 26.3 Å². The number of nitrogens with zero attached hydrogens (tertiary/aromatic N) is 1.